The van der Waals surface area contributed by atoms with Crippen LogP contribution in [0.25, 0.3) is 0 Å². The summed E-state index contributed by atoms with van der Waals surface area (Å²) in [7, 11) is 0. The van der Waals surface area contributed by atoms with Gasteiger partial charge in [0.15, 0.2) is 0 Å². The van der Waals surface area contributed by atoms with Gasteiger partial charge in [-0.1, -0.05) is 86.8 Å². The summed E-state index contributed by atoms with van der Waals surface area (Å²) < 4.78 is 0. The molecule has 0 saturated carbocycles. The fourth-order valence-corrected chi connectivity index (χ4v) is 7.26. The van der Waals surface area contributed by atoms with Crippen LogP contribution in [0.2, 0.25) is 0 Å². The zero-order chi connectivity index (χ0) is 30.7. The first-order valence-corrected chi connectivity index (χ1v) is 16.3. The number of hydrogen-bond donors (Lipinski definition) is 0. The highest BCUT2D eigenvalue weighted by molar-refractivity contribution is 5.52. The minimum atomic E-state index is 0.399. The van der Waals surface area contributed by atoms with Crippen molar-refractivity contribution in [2.24, 2.45) is 0 Å². The zero-order valence-corrected chi connectivity index (χ0v) is 28.4. The molecule has 0 aliphatic carbocycles. The van der Waals surface area contributed by atoms with Crippen molar-refractivity contribution < 1.29 is 0 Å². The lowest BCUT2D eigenvalue weighted by Gasteiger charge is -2.28. The van der Waals surface area contributed by atoms with Crippen LogP contribution < -0.4 is 0 Å². The standard InChI is InChI=1S/C42H54/c1-12-14-37(39-22-28(5)27(4)19-31(39)8)41-25-42(34(11)21-33(41)10)38(15-13-2)40-24-36(30(7)20-32(40)9)23-35-17-16-26(3)18-29(35)6/h16-22,24-25,37-38H,12-15,23H2,1-11H3. The highest BCUT2D eigenvalue weighted by Gasteiger charge is 2.24. The monoisotopic (exact) mass is 558 g/mol. The van der Waals surface area contributed by atoms with Crippen molar-refractivity contribution in [3.63, 3.8) is 0 Å². The summed E-state index contributed by atoms with van der Waals surface area (Å²) in [6.45, 7) is 25.2. The number of benzene rings is 4. The fraction of sp³-hybridized carbons (Fsp3) is 0.429. The van der Waals surface area contributed by atoms with Gasteiger partial charge in [-0.3, -0.25) is 0 Å². The van der Waals surface area contributed by atoms with E-state index in [4.69, 9.17) is 0 Å². The largest absolute Gasteiger partial charge is 0.0653 e. The summed E-state index contributed by atoms with van der Waals surface area (Å²) in [5.74, 6) is 0.825. The molecule has 0 heteroatoms. The smallest absolute Gasteiger partial charge is 0.00946 e. The van der Waals surface area contributed by atoms with Gasteiger partial charge >= 0.3 is 0 Å². The number of aryl methyl sites for hydroxylation is 9. The Morgan fingerprint density at radius 2 is 0.833 bits per heavy atom. The second-order valence-electron chi connectivity index (χ2n) is 13.3. The fourth-order valence-electron chi connectivity index (χ4n) is 7.26. The van der Waals surface area contributed by atoms with Gasteiger partial charge in [0.1, 0.15) is 0 Å². The zero-order valence-electron chi connectivity index (χ0n) is 28.4. The molecule has 222 valence electrons. The van der Waals surface area contributed by atoms with Crippen molar-refractivity contribution in [3.8, 4) is 0 Å². The van der Waals surface area contributed by atoms with Crippen LogP contribution in [0.4, 0.5) is 0 Å². The second-order valence-corrected chi connectivity index (χ2v) is 13.3. The molecule has 4 aromatic rings. The van der Waals surface area contributed by atoms with Crippen LogP contribution in [0, 0.1) is 62.3 Å². The summed E-state index contributed by atoms with van der Waals surface area (Å²) in [4.78, 5) is 0. The molecular formula is C42H54. The molecule has 0 fully saturated rings. The van der Waals surface area contributed by atoms with Crippen LogP contribution in [-0.4, -0.2) is 0 Å². The van der Waals surface area contributed by atoms with Gasteiger partial charge in [0.2, 0.25) is 0 Å². The van der Waals surface area contributed by atoms with Gasteiger partial charge < -0.3 is 0 Å². The molecule has 0 nitrogen and oxygen atoms in total. The molecule has 0 heterocycles. The molecule has 4 aromatic carbocycles. The summed E-state index contributed by atoms with van der Waals surface area (Å²) >= 11 is 0. The molecule has 0 N–H and O–H groups in total. The minimum absolute atomic E-state index is 0.399. The van der Waals surface area contributed by atoms with E-state index in [-0.39, 0.29) is 0 Å². The first-order valence-electron chi connectivity index (χ1n) is 16.3. The van der Waals surface area contributed by atoms with Crippen molar-refractivity contribution in [2.45, 2.75) is 120 Å². The van der Waals surface area contributed by atoms with Gasteiger partial charge in [-0.05, 0) is 159 Å². The van der Waals surface area contributed by atoms with E-state index in [0.717, 1.165) is 12.8 Å². The van der Waals surface area contributed by atoms with Crippen molar-refractivity contribution in [1.29, 1.82) is 0 Å². The van der Waals surface area contributed by atoms with Crippen LogP contribution in [0.15, 0.2) is 54.6 Å². The van der Waals surface area contributed by atoms with Crippen molar-refractivity contribution in [1.82, 2.24) is 0 Å². The van der Waals surface area contributed by atoms with Crippen molar-refractivity contribution in [3.05, 3.63) is 138 Å². The van der Waals surface area contributed by atoms with E-state index in [9.17, 15) is 0 Å². The Morgan fingerprint density at radius 3 is 1.36 bits per heavy atom. The van der Waals surface area contributed by atoms with Gasteiger partial charge in [0.25, 0.3) is 0 Å². The first kappa shape index (κ1) is 31.8. The number of hydrogen-bond acceptors (Lipinski definition) is 0. The second kappa shape index (κ2) is 13.5. The third kappa shape index (κ3) is 6.75. The lowest BCUT2D eigenvalue weighted by atomic mass is 9.76. The third-order valence-corrected chi connectivity index (χ3v) is 9.80. The van der Waals surface area contributed by atoms with Gasteiger partial charge in [-0.25, -0.2) is 0 Å². The van der Waals surface area contributed by atoms with E-state index < -0.39 is 0 Å². The molecule has 0 amide bonds. The maximum Gasteiger partial charge on any atom is 0.00946 e. The Kier molecular flexibility index (Phi) is 10.2. The molecule has 0 aliphatic rings. The molecule has 0 bridgehead atoms. The van der Waals surface area contributed by atoms with E-state index >= 15 is 0 Å². The van der Waals surface area contributed by atoms with Gasteiger partial charge in [-0.2, -0.15) is 0 Å². The van der Waals surface area contributed by atoms with E-state index in [1.807, 2.05) is 0 Å². The number of rotatable bonds is 10. The van der Waals surface area contributed by atoms with Crippen molar-refractivity contribution >= 4 is 0 Å². The minimum Gasteiger partial charge on any atom is -0.0653 e. The highest BCUT2D eigenvalue weighted by atomic mass is 14.3. The average Bonchev–Trinajstić information content (AvgIpc) is 2.92. The van der Waals surface area contributed by atoms with Gasteiger partial charge in [0.05, 0.1) is 0 Å². The van der Waals surface area contributed by atoms with Crippen molar-refractivity contribution in [2.75, 3.05) is 0 Å². The summed E-state index contributed by atoms with van der Waals surface area (Å²) in [6, 6.07) is 21.9. The van der Waals surface area contributed by atoms with Crippen LogP contribution in [0.1, 0.15) is 135 Å². The van der Waals surface area contributed by atoms with Gasteiger partial charge in [-0.15, -0.1) is 0 Å². The van der Waals surface area contributed by atoms with Gasteiger partial charge in [0, 0.05) is 11.8 Å². The normalized spacial score (nSPS) is 12.9. The maximum absolute atomic E-state index is 2.61. The molecule has 2 atom stereocenters. The summed E-state index contributed by atoms with van der Waals surface area (Å²) in [5, 5.41) is 0. The van der Waals surface area contributed by atoms with E-state index in [0.29, 0.717) is 11.8 Å². The Balaban J connectivity index is 1.85. The molecule has 42 heavy (non-hydrogen) atoms. The first-order chi connectivity index (χ1) is 19.9. The summed E-state index contributed by atoms with van der Waals surface area (Å²) in [6.07, 6.45) is 5.68. The lowest BCUT2D eigenvalue weighted by Crippen LogP contribution is -2.11. The molecular weight excluding hydrogens is 504 g/mol. The third-order valence-electron chi connectivity index (χ3n) is 9.80. The lowest BCUT2D eigenvalue weighted by molar-refractivity contribution is 0.672. The Morgan fingerprint density at radius 1 is 0.405 bits per heavy atom. The molecule has 4 rings (SSSR count). The summed E-state index contributed by atoms with van der Waals surface area (Å²) in [5.41, 5.74) is 21.6. The topological polar surface area (TPSA) is 0 Å². The van der Waals surface area contributed by atoms with E-state index in [2.05, 4.69) is 131 Å². The molecule has 0 saturated heterocycles. The molecule has 0 aromatic heterocycles. The SMILES string of the molecule is CCCC(c1cc(C)c(C)cc1C)c1cc(C(CCC)c2cc(Cc3ccc(C)cc3C)c(C)cc2C)c(C)cc1C. The molecule has 2 unspecified atom stereocenters. The Labute approximate surface area is 257 Å². The Hall–Kier alpha value is -3.12. The predicted molar refractivity (Wildman–Crippen MR) is 185 cm³/mol. The predicted octanol–water partition coefficient (Wildman–Crippen LogP) is 11.9. The molecule has 0 spiro atoms. The molecule has 0 radical (unpaired) electrons. The van der Waals surface area contributed by atoms with Crippen LogP contribution in [-0.2, 0) is 6.42 Å². The van der Waals surface area contributed by atoms with Crippen LogP contribution in [0.3, 0.4) is 0 Å². The van der Waals surface area contributed by atoms with Crippen LogP contribution >= 0.6 is 0 Å². The maximum atomic E-state index is 2.61. The Bertz CT molecular complexity index is 1560. The average molecular weight is 559 g/mol. The highest BCUT2D eigenvalue weighted by Crippen LogP contribution is 2.41. The molecule has 0 aliphatic heterocycles. The van der Waals surface area contributed by atoms with E-state index in [1.54, 1.807) is 0 Å². The van der Waals surface area contributed by atoms with E-state index in [1.165, 1.54) is 103 Å². The van der Waals surface area contributed by atoms with Crippen LogP contribution in [0.5, 0.6) is 0 Å². The quantitative estimate of drug-likeness (QED) is 0.182.